The van der Waals surface area contributed by atoms with Gasteiger partial charge in [0.1, 0.15) is 0 Å². The minimum Gasteiger partial charge on any atom is -0.378 e. The molecule has 0 radical (unpaired) electrons. The maximum Gasteiger partial charge on any atom is 0.246 e. The molecule has 1 aromatic heterocycles. The van der Waals surface area contributed by atoms with E-state index in [4.69, 9.17) is 15.0 Å². The minimum absolute atomic E-state index is 0.247. The van der Waals surface area contributed by atoms with Crippen LogP contribution in [0.5, 0.6) is 0 Å². The number of hydrogen-bond donors (Lipinski definition) is 1. The van der Waals surface area contributed by atoms with Gasteiger partial charge in [0.25, 0.3) is 0 Å². The molecule has 1 aliphatic carbocycles. The second-order valence-corrected chi connectivity index (χ2v) is 6.28. The maximum atomic E-state index is 6.50. The van der Waals surface area contributed by atoms with Gasteiger partial charge in [0.2, 0.25) is 5.89 Å². The van der Waals surface area contributed by atoms with E-state index in [-0.39, 0.29) is 6.10 Å². The first-order valence-corrected chi connectivity index (χ1v) is 8.00. The van der Waals surface area contributed by atoms with Crippen molar-refractivity contribution < 1.29 is 9.26 Å². The largest absolute Gasteiger partial charge is 0.378 e. The molecule has 2 heterocycles. The zero-order valence-corrected chi connectivity index (χ0v) is 12.1. The summed E-state index contributed by atoms with van der Waals surface area (Å²) in [6.07, 6.45) is 11.2. The Morgan fingerprint density at radius 3 is 2.60 bits per heavy atom. The van der Waals surface area contributed by atoms with Crippen molar-refractivity contribution in [2.45, 2.75) is 75.9 Å². The molecule has 5 nitrogen and oxygen atoms in total. The number of rotatable bonds is 3. The van der Waals surface area contributed by atoms with Crippen LogP contribution in [0.4, 0.5) is 0 Å². The third-order valence-electron chi connectivity index (χ3n) is 4.57. The molecule has 2 N–H and O–H groups in total. The molecular weight excluding hydrogens is 254 g/mol. The average Bonchev–Trinajstić information content (AvgIpc) is 2.82. The highest BCUT2D eigenvalue weighted by Crippen LogP contribution is 2.32. The Hall–Kier alpha value is -0.940. The molecule has 2 aliphatic rings. The highest BCUT2D eigenvalue weighted by Gasteiger charge is 2.34. The van der Waals surface area contributed by atoms with Gasteiger partial charge in [-0.3, -0.25) is 0 Å². The van der Waals surface area contributed by atoms with Crippen molar-refractivity contribution in [3.63, 3.8) is 0 Å². The summed E-state index contributed by atoms with van der Waals surface area (Å²) < 4.78 is 11.2. The van der Waals surface area contributed by atoms with Crippen LogP contribution >= 0.6 is 0 Å². The van der Waals surface area contributed by atoms with Crippen molar-refractivity contribution in [2.75, 3.05) is 6.61 Å². The van der Waals surface area contributed by atoms with Crippen LogP contribution in [-0.2, 0) is 16.7 Å². The van der Waals surface area contributed by atoms with Crippen molar-refractivity contribution in [2.24, 2.45) is 5.73 Å². The van der Waals surface area contributed by atoms with Crippen LogP contribution in [0.15, 0.2) is 4.52 Å². The predicted octanol–water partition coefficient (Wildman–Crippen LogP) is 2.69. The molecule has 1 aliphatic heterocycles. The van der Waals surface area contributed by atoms with E-state index in [1.807, 2.05) is 0 Å². The predicted molar refractivity (Wildman–Crippen MR) is 75.2 cm³/mol. The summed E-state index contributed by atoms with van der Waals surface area (Å²) in [6.45, 7) is 0.857. The fourth-order valence-electron chi connectivity index (χ4n) is 3.28. The van der Waals surface area contributed by atoms with E-state index >= 15 is 0 Å². The molecule has 20 heavy (non-hydrogen) atoms. The van der Waals surface area contributed by atoms with E-state index in [2.05, 4.69) is 10.1 Å². The first-order chi connectivity index (χ1) is 9.76. The zero-order valence-electron chi connectivity index (χ0n) is 12.1. The molecule has 3 rings (SSSR count). The van der Waals surface area contributed by atoms with E-state index in [0.29, 0.717) is 5.89 Å². The summed E-state index contributed by atoms with van der Waals surface area (Å²) in [6, 6.07) is 0. The van der Waals surface area contributed by atoms with Gasteiger partial charge in [-0.2, -0.15) is 4.98 Å². The molecular formula is C15H25N3O2. The maximum absolute atomic E-state index is 6.50. The summed E-state index contributed by atoms with van der Waals surface area (Å²) in [5.74, 6) is 1.38. The Labute approximate surface area is 120 Å². The Morgan fingerprint density at radius 1 is 1.10 bits per heavy atom. The summed E-state index contributed by atoms with van der Waals surface area (Å²) in [7, 11) is 0. The molecule has 0 amide bonds. The third-order valence-corrected chi connectivity index (χ3v) is 4.57. The second-order valence-electron chi connectivity index (χ2n) is 6.28. The first-order valence-electron chi connectivity index (χ1n) is 8.00. The smallest absolute Gasteiger partial charge is 0.246 e. The van der Waals surface area contributed by atoms with Gasteiger partial charge >= 0.3 is 0 Å². The molecule has 5 heteroatoms. The van der Waals surface area contributed by atoms with Crippen molar-refractivity contribution >= 4 is 0 Å². The number of ether oxygens (including phenoxy) is 1. The van der Waals surface area contributed by atoms with Gasteiger partial charge in [-0.25, -0.2) is 0 Å². The number of nitrogens with zero attached hydrogens (tertiary/aromatic N) is 2. The molecule has 1 saturated heterocycles. The van der Waals surface area contributed by atoms with Crippen molar-refractivity contribution in [1.29, 1.82) is 0 Å². The molecule has 112 valence electrons. The van der Waals surface area contributed by atoms with Gasteiger partial charge in [-0.1, -0.05) is 30.8 Å². The van der Waals surface area contributed by atoms with Gasteiger partial charge in [-0.15, -0.1) is 0 Å². The van der Waals surface area contributed by atoms with Crippen LogP contribution in [-0.4, -0.2) is 22.9 Å². The SMILES string of the molecule is NC1(c2nc(CC3CCCCO3)no2)CCCCCC1. The van der Waals surface area contributed by atoms with Crippen molar-refractivity contribution in [3.8, 4) is 0 Å². The summed E-state index contributed by atoms with van der Waals surface area (Å²) in [5.41, 5.74) is 6.09. The number of aromatic nitrogens is 2. The monoisotopic (exact) mass is 279 g/mol. The van der Waals surface area contributed by atoms with E-state index in [9.17, 15) is 0 Å². The lowest BCUT2D eigenvalue weighted by molar-refractivity contribution is 0.0153. The normalized spacial score (nSPS) is 27.1. The van der Waals surface area contributed by atoms with E-state index in [1.54, 1.807) is 0 Å². The quantitative estimate of drug-likeness (QED) is 0.861. The van der Waals surface area contributed by atoms with Crippen LogP contribution in [0.2, 0.25) is 0 Å². The molecule has 1 aromatic rings. The van der Waals surface area contributed by atoms with Crippen LogP contribution in [0, 0.1) is 0 Å². The van der Waals surface area contributed by atoms with Crippen molar-refractivity contribution in [1.82, 2.24) is 10.1 Å². The summed E-state index contributed by atoms with van der Waals surface area (Å²) in [4.78, 5) is 4.56. The minimum atomic E-state index is -0.408. The van der Waals surface area contributed by atoms with E-state index in [0.717, 1.165) is 51.0 Å². The van der Waals surface area contributed by atoms with Gasteiger partial charge in [0, 0.05) is 13.0 Å². The Morgan fingerprint density at radius 2 is 1.90 bits per heavy atom. The molecule has 0 bridgehead atoms. The van der Waals surface area contributed by atoms with Crippen LogP contribution in [0.3, 0.4) is 0 Å². The van der Waals surface area contributed by atoms with Crippen molar-refractivity contribution in [3.05, 3.63) is 11.7 Å². The highest BCUT2D eigenvalue weighted by molar-refractivity contribution is 5.03. The van der Waals surface area contributed by atoms with Gasteiger partial charge in [0.15, 0.2) is 5.82 Å². The van der Waals surface area contributed by atoms with Gasteiger partial charge in [0.05, 0.1) is 11.6 Å². The molecule has 0 aromatic carbocycles. The molecule has 1 saturated carbocycles. The van der Waals surface area contributed by atoms with Gasteiger partial charge in [-0.05, 0) is 32.1 Å². The Kier molecular flexibility index (Phi) is 4.36. The van der Waals surface area contributed by atoms with Crippen LogP contribution in [0.1, 0.15) is 69.5 Å². The van der Waals surface area contributed by atoms with E-state index < -0.39 is 5.54 Å². The average molecular weight is 279 g/mol. The lowest BCUT2D eigenvalue weighted by atomic mass is 9.91. The van der Waals surface area contributed by atoms with Crippen LogP contribution < -0.4 is 5.73 Å². The van der Waals surface area contributed by atoms with E-state index in [1.165, 1.54) is 25.7 Å². The Bertz CT molecular complexity index is 419. The third kappa shape index (κ3) is 3.20. The highest BCUT2D eigenvalue weighted by atomic mass is 16.5. The lowest BCUT2D eigenvalue weighted by Crippen LogP contribution is -2.36. The number of nitrogens with two attached hydrogens (primary N) is 1. The lowest BCUT2D eigenvalue weighted by Gasteiger charge is -2.23. The van der Waals surface area contributed by atoms with Gasteiger partial charge < -0.3 is 15.0 Å². The fraction of sp³-hybridized carbons (Fsp3) is 0.867. The molecule has 0 spiro atoms. The number of hydrogen-bond acceptors (Lipinski definition) is 5. The summed E-state index contributed by atoms with van der Waals surface area (Å²) >= 11 is 0. The standard InChI is InChI=1S/C15H25N3O2/c16-15(8-4-1-2-5-9-15)14-17-13(18-20-14)11-12-7-3-6-10-19-12/h12H,1-11,16H2. The zero-order chi connectivity index (χ0) is 13.8. The molecule has 1 atom stereocenters. The summed E-state index contributed by atoms with van der Waals surface area (Å²) in [5, 5.41) is 4.12. The first kappa shape index (κ1) is 14.0. The molecule has 2 fully saturated rings. The molecule has 1 unspecified atom stereocenters. The Balaban J connectivity index is 1.65. The topological polar surface area (TPSA) is 74.2 Å². The van der Waals surface area contributed by atoms with Crippen LogP contribution in [0.25, 0.3) is 0 Å². The second kappa shape index (κ2) is 6.22. The fourth-order valence-corrected chi connectivity index (χ4v) is 3.28.